The van der Waals surface area contributed by atoms with Gasteiger partial charge in [0.2, 0.25) is 0 Å². The molecule has 0 amide bonds. The van der Waals surface area contributed by atoms with Crippen molar-refractivity contribution in [1.29, 1.82) is 0 Å². The zero-order valence-corrected chi connectivity index (χ0v) is 23.9. The lowest BCUT2D eigenvalue weighted by atomic mass is 9.47. The second kappa shape index (κ2) is 10.8. The molecule has 0 aromatic rings. The molecule has 1 heterocycles. The smallest absolute Gasteiger partial charge is 0.159 e. The number of unbranched alkanes of at least 4 members (excludes halogenated alkanes) is 5. The van der Waals surface area contributed by atoms with Crippen LogP contribution in [0.5, 0.6) is 0 Å². The highest BCUT2D eigenvalue weighted by Crippen LogP contribution is 2.65. The lowest BCUT2D eigenvalue weighted by molar-refractivity contribution is -0.0715. The minimum atomic E-state index is -1.13. The summed E-state index contributed by atoms with van der Waals surface area (Å²) in [4.78, 5) is 0. The van der Waals surface area contributed by atoms with Crippen LogP contribution in [0.25, 0.3) is 0 Å². The van der Waals surface area contributed by atoms with E-state index in [1.165, 1.54) is 103 Å². The van der Waals surface area contributed by atoms with E-state index in [1.807, 2.05) is 6.92 Å². The third kappa shape index (κ3) is 4.83. The topological polar surface area (TPSA) is 12.5 Å². The van der Waals surface area contributed by atoms with Gasteiger partial charge in [0.15, 0.2) is 5.60 Å². The molecular formula is C33H58F2O. The molecule has 210 valence electrons. The minimum Gasteiger partial charge on any atom is -0.356 e. The average molecular weight is 509 g/mol. The van der Waals surface area contributed by atoms with Gasteiger partial charge in [0.1, 0.15) is 17.9 Å². The maximum atomic E-state index is 15.6. The zero-order chi connectivity index (χ0) is 25.4. The van der Waals surface area contributed by atoms with Crippen LogP contribution >= 0.6 is 0 Å². The molecule has 2 bridgehead atoms. The van der Waals surface area contributed by atoms with E-state index < -0.39 is 23.5 Å². The summed E-state index contributed by atoms with van der Waals surface area (Å²) in [5.41, 5.74) is -0.399. The summed E-state index contributed by atoms with van der Waals surface area (Å²) in [6.45, 7) is 6.50. The van der Waals surface area contributed by atoms with Crippen molar-refractivity contribution in [3.63, 3.8) is 0 Å². The molecular weight excluding hydrogens is 450 g/mol. The van der Waals surface area contributed by atoms with Crippen LogP contribution in [-0.4, -0.2) is 23.5 Å². The SMILES string of the molecule is CCCCCCC1(C)OC12C(F)CC(C1CCC(C34CCC(CCCCC)(CC3)CC4)CC1)CC2F.[HH]. The fourth-order valence-electron chi connectivity index (χ4n) is 10.1. The first kappa shape index (κ1) is 27.4. The number of rotatable bonds is 11. The van der Waals surface area contributed by atoms with Gasteiger partial charge in [0, 0.05) is 1.43 Å². The van der Waals surface area contributed by atoms with Crippen molar-refractivity contribution < 1.29 is 14.9 Å². The molecule has 0 N–H and O–H groups in total. The van der Waals surface area contributed by atoms with Crippen LogP contribution in [0.15, 0.2) is 0 Å². The molecule has 36 heavy (non-hydrogen) atoms. The predicted octanol–water partition coefficient (Wildman–Crippen LogP) is 10.5. The van der Waals surface area contributed by atoms with Gasteiger partial charge in [-0.15, -0.1) is 0 Å². The van der Waals surface area contributed by atoms with Crippen molar-refractivity contribution in [2.45, 2.75) is 179 Å². The Kier molecular flexibility index (Phi) is 8.19. The van der Waals surface area contributed by atoms with Crippen LogP contribution in [0, 0.1) is 28.6 Å². The van der Waals surface area contributed by atoms with Crippen LogP contribution in [0.4, 0.5) is 8.78 Å². The highest BCUT2D eigenvalue weighted by molar-refractivity contribution is 5.23. The number of epoxide rings is 1. The summed E-state index contributed by atoms with van der Waals surface area (Å²) in [5, 5.41) is 0. The van der Waals surface area contributed by atoms with Crippen molar-refractivity contribution in [3.8, 4) is 0 Å². The van der Waals surface area contributed by atoms with Crippen molar-refractivity contribution in [2.24, 2.45) is 28.6 Å². The maximum absolute atomic E-state index is 15.6. The molecule has 6 aliphatic rings. The number of ether oxygens (including phenoxy) is 1. The third-order valence-electron chi connectivity index (χ3n) is 12.7. The van der Waals surface area contributed by atoms with Crippen LogP contribution in [-0.2, 0) is 4.74 Å². The van der Waals surface area contributed by atoms with Crippen molar-refractivity contribution in [2.75, 3.05) is 0 Å². The molecule has 1 aliphatic heterocycles. The van der Waals surface area contributed by atoms with Gasteiger partial charge in [-0.2, -0.15) is 0 Å². The molecule has 1 nitrogen and oxygen atoms in total. The fraction of sp³-hybridized carbons (Fsp3) is 1.00. The molecule has 0 aromatic heterocycles. The number of halogens is 2. The van der Waals surface area contributed by atoms with Gasteiger partial charge in [-0.3, -0.25) is 0 Å². The second-order valence-corrected chi connectivity index (χ2v) is 14.5. The van der Waals surface area contributed by atoms with E-state index in [9.17, 15) is 0 Å². The van der Waals surface area contributed by atoms with Crippen LogP contribution in [0.3, 0.4) is 0 Å². The quantitative estimate of drug-likeness (QED) is 0.200. The first-order valence-electron chi connectivity index (χ1n) is 16.3. The number of hydrogen-bond acceptors (Lipinski definition) is 1. The van der Waals surface area contributed by atoms with Crippen molar-refractivity contribution >= 4 is 0 Å². The van der Waals surface area contributed by atoms with Gasteiger partial charge in [-0.1, -0.05) is 58.8 Å². The second-order valence-electron chi connectivity index (χ2n) is 14.5. The normalized spacial score (nSPS) is 48.4. The Labute approximate surface area is 222 Å². The monoisotopic (exact) mass is 508 g/mol. The zero-order valence-electron chi connectivity index (χ0n) is 23.9. The van der Waals surface area contributed by atoms with E-state index in [1.54, 1.807) is 0 Å². The highest BCUT2D eigenvalue weighted by atomic mass is 19.1. The minimum absolute atomic E-state index is 0. The Bertz CT molecular complexity index is 697. The first-order chi connectivity index (χ1) is 17.3. The Morgan fingerprint density at radius 3 is 1.83 bits per heavy atom. The third-order valence-corrected chi connectivity index (χ3v) is 12.7. The van der Waals surface area contributed by atoms with Crippen molar-refractivity contribution in [1.82, 2.24) is 0 Å². The van der Waals surface area contributed by atoms with Gasteiger partial charge in [0.05, 0.1) is 0 Å². The first-order valence-corrected chi connectivity index (χ1v) is 16.3. The highest BCUT2D eigenvalue weighted by Gasteiger charge is 2.76. The Morgan fingerprint density at radius 1 is 0.694 bits per heavy atom. The van der Waals surface area contributed by atoms with Crippen LogP contribution in [0.1, 0.15) is 157 Å². The van der Waals surface area contributed by atoms with Crippen molar-refractivity contribution in [3.05, 3.63) is 0 Å². The van der Waals surface area contributed by atoms with Gasteiger partial charge in [-0.25, -0.2) is 8.78 Å². The summed E-state index contributed by atoms with van der Waals surface area (Å²) in [7, 11) is 0. The van der Waals surface area contributed by atoms with E-state index in [-0.39, 0.29) is 7.34 Å². The Morgan fingerprint density at radius 2 is 1.25 bits per heavy atom. The average Bonchev–Trinajstić information content (AvgIpc) is 3.53. The molecule has 3 atom stereocenters. The molecule has 6 fully saturated rings. The lowest BCUT2D eigenvalue weighted by Gasteiger charge is -2.58. The summed E-state index contributed by atoms with van der Waals surface area (Å²) in [6.07, 6.45) is 23.7. The molecule has 0 aromatic carbocycles. The molecule has 5 aliphatic carbocycles. The van der Waals surface area contributed by atoms with Gasteiger partial charge in [0.25, 0.3) is 0 Å². The van der Waals surface area contributed by atoms with Crippen LogP contribution < -0.4 is 0 Å². The number of alkyl halides is 2. The molecule has 3 unspecified atom stereocenters. The summed E-state index contributed by atoms with van der Waals surface area (Å²) >= 11 is 0. The lowest BCUT2D eigenvalue weighted by Crippen LogP contribution is -2.50. The van der Waals surface area contributed by atoms with Gasteiger partial charge >= 0.3 is 0 Å². The Balaban J connectivity index is 0.00000320. The van der Waals surface area contributed by atoms with Gasteiger partial charge in [-0.05, 0) is 125 Å². The maximum Gasteiger partial charge on any atom is 0.159 e. The molecule has 1 spiro atoms. The fourth-order valence-corrected chi connectivity index (χ4v) is 10.1. The van der Waals surface area contributed by atoms with E-state index in [4.69, 9.17) is 4.74 Å². The van der Waals surface area contributed by atoms with E-state index in [0.717, 1.165) is 25.2 Å². The number of fused-ring (bicyclic) bond motifs is 3. The largest absolute Gasteiger partial charge is 0.356 e. The van der Waals surface area contributed by atoms with E-state index in [0.29, 0.717) is 29.6 Å². The summed E-state index contributed by atoms with van der Waals surface area (Å²) in [5.74, 6) is 1.62. The Hall–Kier alpha value is -0.180. The molecule has 1 saturated heterocycles. The predicted molar refractivity (Wildman–Crippen MR) is 148 cm³/mol. The number of hydrogen-bond donors (Lipinski definition) is 0. The molecule has 6 rings (SSSR count). The molecule has 3 heteroatoms. The van der Waals surface area contributed by atoms with E-state index in [2.05, 4.69) is 13.8 Å². The summed E-state index contributed by atoms with van der Waals surface area (Å²) < 4.78 is 37.2. The molecule has 0 radical (unpaired) electrons. The summed E-state index contributed by atoms with van der Waals surface area (Å²) in [6, 6.07) is 0. The van der Waals surface area contributed by atoms with Gasteiger partial charge < -0.3 is 4.74 Å². The van der Waals surface area contributed by atoms with Crippen LogP contribution in [0.2, 0.25) is 0 Å². The standard InChI is InChI=1S/C33H56F2O.H2/c1-4-6-8-10-15-30(3)33(36-30)28(34)23-26(24-29(33)35)25-11-13-27(14-12-25)32-20-17-31(18-21-32,19-22-32)16-9-7-5-2;/h25-29H,4-24H2,1-3H3;1H. The van der Waals surface area contributed by atoms with E-state index >= 15 is 8.78 Å². The molecule has 5 saturated carbocycles.